The Balaban J connectivity index is 2.39. The van der Waals surface area contributed by atoms with Crippen molar-refractivity contribution in [2.75, 3.05) is 13.6 Å². The van der Waals surface area contributed by atoms with Crippen LogP contribution in [0.2, 0.25) is 0 Å². The van der Waals surface area contributed by atoms with Crippen LogP contribution in [-0.4, -0.2) is 41.6 Å². The Hall–Kier alpha value is -1.26. The van der Waals surface area contributed by atoms with Crippen molar-refractivity contribution in [3.05, 3.63) is 0 Å². The van der Waals surface area contributed by atoms with Gasteiger partial charge in [-0.15, -0.1) is 0 Å². The van der Waals surface area contributed by atoms with Crippen molar-refractivity contribution in [2.45, 2.75) is 46.1 Å². The largest absolute Gasteiger partial charge is 0.481 e. The molecule has 5 nitrogen and oxygen atoms in total. The van der Waals surface area contributed by atoms with Crippen LogP contribution >= 0.6 is 0 Å². The Morgan fingerprint density at radius 3 is 2.56 bits per heavy atom. The van der Waals surface area contributed by atoms with Gasteiger partial charge < -0.3 is 15.3 Å². The van der Waals surface area contributed by atoms with E-state index in [9.17, 15) is 9.59 Å². The zero-order valence-corrected chi connectivity index (χ0v) is 11.7. The summed E-state index contributed by atoms with van der Waals surface area (Å²) in [5, 5.41) is 11.8. The van der Waals surface area contributed by atoms with Crippen molar-refractivity contribution in [1.82, 2.24) is 10.2 Å². The number of carbonyl (C=O) groups excluding carboxylic acids is 1. The van der Waals surface area contributed by atoms with E-state index in [0.717, 1.165) is 19.3 Å². The Morgan fingerprint density at radius 2 is 2.11 bits per heavy atom. The number of carboxylic acid groups (broad SMARTS) is 1. The minimum atomic E-state index is -0.878. The minimum absolute atomic E-state index is 0.175. The number of hydrogen-bond acceptors (Lipinski definition) is 2. The summed E-state index contributed by atoms with van der Waals surface area (Å²) >= 11 is 0. The number of amides is 2. The predicted octanol–water partition coefficient (Wildman–Crippen LogP) is 1.93. The second-order valence-corrected chi connectivity index (χ2v) is 6.17. The highest BCUT2D eigenvalue weighted by Gasteiger charge is 2.32. The molecule has 1 rings (SSSR count). The van der Waals surface area contributed by atoms with Crippen molar-refractivity contribution in [3.8, 4) is 0 Å². The molecule has 1 saturated carbocycles. The van der Waals surface area contributed by atoms with Crippen LogP contribution in [0.1, 0.15) is 40.0 Å². The Bertz CT molecular complexity index is 328. The van der Waals surface area contributed by atoms with E-state index in [1.807, 2.05) is 0 Å². The molecular weight excluding hydrogens is 232 g/mol. The van der Waals surface area contributed by atoms with Gasteiger partial charge in [0.1, 0.15) is 0 Å². The van der Waals surface area contributed by atoms with Gasteiger partial charge in [-0.3, -0.25) is 4.79 Å². The summed E-state index contributed by atoms with van der Waals surface area (Å²) in [7, 11) is 1.63. The molecule has 5 heteroatoms. The summed E-state index contributed by atoms with van der Waals surface area (Å²) in [5.41, 5.74) is 0.297. The van der Waals surface area contributed by atoms with Gasteiger partial charge in [-0.25, -0.2) is 4.79 Å². The van der Waals surface area contributed by atoms with E-state index < -0.39 is 11.9 Å². The maximum atomic E-state index is 11.9. The number of nitrogens with zero attached hydrogens (tertiary/aromatic N) is 1. The van der Waals surface area contributed by atoms with Gasteiger partial charge >= 0.3 is 12.0 Å². The first kappa shape index (κ1) is 14.8. The number of carboxylic acids is 1. The lowest BCUT2D eigenvalue weighted by Crippen LogP contribution is -2.44. The molecule has 0 aliphatic heterocycles. The zero-order valence-electron chi connectivity index (χ0n) is 11.7. The van der Waals surface area contributed by atoms with Gasteiger partial charge in [0.05, 0.1) is 5.92 Å². The average molecular weight is 256 g/mol. The standard InChI is InChI=1S/C13H24N2O3/c1-9(11(16)17)8-15(4)12(18)14-10-5-6-13(2,3)7-10/h9-10H,5-8H2,1-4H3,(H,14,18)(H,16,17). The first-order valence-electron chi connectivity index (χ1n) is 6.46. The quantitative estimate of drug-likeness (QED) is 0.807. The molecule has 2 unspecified atom stereocenters. The van der Waals surface area contributed by atoms with Crippen LogP contribution in [0.4, 0.5) is 4.79 Å². The molecule has 2 amide bonds. The van der Waals surface area contributed by atoms with Crippen LogP contribution in [0, 0.1) is 11.3 Å². The van der Waals surface area contributed by atoms with Crippen molar-refractivity contribution in [1.29, 1.82) is 0 Å². The molecule has 0 aromatic heterocycles. The molecule has 0 bridgehead atoms. The van der Waals surface area contributed by atoms with Crippen LogP contribution in [0.15, 0.2) is 0 Å². The third-order valence-corrected chi connectivity index (χ3v) is 3.61. The Kier molecular flexibility index (Phi) is 4.59. The van der Waals surface area contributed by atoms with Crippen molar-refractivity contribution in [2.24, 2.45) is 11.3 Å². The third-order valence-electron chi connectivity index (χ3n) is 3.61. The molecule has 0 heterocycles. The number of carbonyl (C=O) groups is 2. The van der Waals surface area contributed by atoms with Crippen LogP contribution in [-0.2, 0) is 4.79 Å². The topological polar surface area (TPSA) is 69.6 Å². The van der Waals surface area contributed by atoms with Crippen LogP contribution in [0.25, 0.3) is 0 Å². The molecule has 104 valence electrons. The minimum Gasteiger partial charge on any atom is -0.481 e. The summed E-state index contributed by atoms with van der Waals surface area (Å²) < 4.78 is 0. The van der Waals surface area contributed by atoms with E-state index in [-0.39, 0.29) is 18.6 Å². The van der Waals surface area contributed by atoms with E-state index in [1.54, 1.807) is 14.0 Å². The Morgan fingerprint density at radius 1 is 1.50 bits per heavy atom. The summed E-state index contributed by atoms with van der Waals surface area (Å²) in [6.07, 6.45) is 3.11. The lowest BCUT2D eigenvalue weighted by atomic mass is 9.92. The Labute approximate surface area is 109 Å². The second kappa shape index (κ2) is 5.59. The summed E-state index contributed by atoms with van der Waals surface area (Å²) in [4.78, 5) is 24.1. The molecule has 18 heavy (non-hydrogen) atoms. The highest BCUT2D eigenvalue weighted by Crippen LogP contribution is 2.36. The molecule has 2 atom stereocenters. The average Bonchev–Trinajstić information content (AvgIpc) is 2.57. The molecule has 0 radical (unpaired) electrons. The van der Waals surface area contributed by atoms with E-state index in [0.29, 0.717) is 5.41 Å². The van der Waals surface area contributed by atoms with Gasteiger partial charge in [-0.05, 0) is 24.7 Å². The van der Waals surface area contributed by atoms with Gasteiger partial charge in [0.25, 0.3) is 0 Å². The number of hydrogen-bond donors (Lipinski definition) is 2. The normalized spacial score (nSPS) is 23.4. The predicted molar refractivity (Wildman–Crippen MR) is 69.4 cm³/mol. The van der Waals surface area contributed by atoms with Gasteiger partial charge in [0.2, 0.25) is 0 Å². The molecule has 0 aromatic rings. The fourth-order valence-corrected chi connectivity index (χ4v) is 2.42. The van der Waals surface area contributed by atoms with E-state index >= 15 is 0 Å². The molecule has 1 aliphatic rings. The van der Waals surface area contributed by atoms with E-state index in [1.165, 1.54) is 4.90 Å². The fourth-order valence-electron chi connectivity index (χ4n) is 2.42. The molecule has 0 aromatic carbocycles. The first-order valence-corrected chi connectivity index (χ1v) is 6.46. The molecule has 2 N–H and O–H groups in total. The lowest BCUT2D eigenvalue weighted by molar-refractivity contribution is -0.141. The van der Waals surface area contributed by atoms with Crippen LogP contribution in [0.5, 0.6) is 0 Å². The highest BCUT2D eigenvalue weighted by atomic mass is 16.4. The maximum absolute atomic E-state index is 11.9. The SMILES string of the molecule is CC(CN(C)C(=O)NC1CCC(C)(C)C1)C(=O)O. The number of urea groups is 1. The molecular formula is C13H24N2O3. The van der Waals surface area contributed by atoms with Crippen molar-refractivity contribution < 1.29 is 14.7 Å². The summed E-state index contributed by atoms with van der Waals surface area (Å²) in [6.45, 7) is 6.24. The monoisotopic (exact) mass is 256 g/mol. The fraction of sp³-hybridized carbons (Fsp3) is 0.846. The van der Waals surface area contributed by atoms with Gasteiger partial charge in [0.15, 0.2) is 0 Å². The molecule has 0 saturated heterocycles. The molecule has 0 spiro atoms. The lowest BCUT2D eigenvalue weighted by Gasteiger charge is -2.23. The first-order chi connectivity index (χ1) is 8.21. The number of aliphatic carboxylic acids is 1. The maximum Gasteiger partial charge on any atom is 0.317 e. The molecule has 1 fully saturated rings. The van der Waals surface area contributed by atoms with Gasteiger partial charge in [-0.2, -0.15) is 0 Å². The highest BCUT2D eigenvalue weighted by molar-refractivity contribution is 5.76. The third kappa shape index (κ3) is 4.20. The summed E-state index contributed by atoms with van der Waals surface area (Å²) in [6, 6.07) is 0.0425. The second-order valence-electron chi connectivity index (χ2n) is 6.17. The number of rotatable bonds is 4. The van der Waals surface area contributed by atoms with Crippen molar-refractivity contribution >= 4 is 12.0 Å². The zero-order chi connectivity index (χ0) is 13.9. The molecule has 1 aliphatic carbocycles. The van der Waals surface area contributed by atoms with Crippen LogP contribution < -0.4 is 5.32 Å². The van der Waals surface area contributed by atoms with E-state index in [2.05, 4.69) is 19.2 Å². The number of nitrogens with one attached hydrogen (secondary N) is 1. The smallest absolute Gasteiger partial charge is 0.317 e. The van der Waals surface area contributed by atoms with Gasteiger partial charge in [0, 0.05) is 19.6 Å². The van der Waals surface area contributed by atoms with E-state index in [4.69, 9.17) is 5.11 Å². The van der Waals surface area contributed by atoms with Gasteiger partial charge in [-0.1, -0.05) is 20.8 Å². The van der Waals surface area contributed by atoms with Crippen molar-refractivity contribution in [3.63, 3.8) is 0 Å². The summed E-state index contributed by atoms with van der Waals surface area (Å²) in [5.74, 6) is -1.42. The van der Waals surface area contributed by atoms with Crippen LogP contribution in [0.3, 0.4) is 0 Å².